The molecule has 0 aliphatic heterocycles. The van der Waals surface area contributed by atoms with Crippen LogP contribution in [0.1, 0.15) is 12.5 Å². The summed E-state index contributed by atoms with van der Waals surface area (Å²) in [6.45, 7) is 5.01. The molecular formula is C21H23N3O4. The first-order chi connectivity index (χ1) is 13.6. The normalized spacial score (nSPS) is 10.6. The number of nitrogens with one attached hydrogen (secondary N) is 1. The zero-order valence-electron chi connectivity index (χ0n) is 16.0. The average molecular weight is 381 g/mol. The number of fused-ring (bicyclic) bond motifs is 1. The lowest BCUT2D eigenvalue weighted by Gasteiger charge is -2.10. The molecule has 146 valence electrons. The molecule has 7 heteroatoms. The number of para-hydroxylation sites is 1. The second kappa shape index (κ2) is 9.03. The first-order valence-electron chi connectivity index (χ1n) is 9.15. The van der Waals surface area contributed by atoms with Gasteiger partial charge in [-0.15, -0.1) is 0 Å². The first-order valence-corrected chi connectivity index (χ1v) is 9.15. The van der Waals surface area contributed by atoms with Crippen LogP contribution in [0.2, 0.25) is 0 Å². The van der Waals surface area contributed by atoms with Gasteiger partial charge in [0, 0.05) is 0 Å². The maximum Gasteiger partial charge on any atom is 0.261 e. The molecule has 0 radical (unpaired) electrons. The zero-order chi connectivity index (χ0) is 19.9. The smallest absolute Gasteiger partial charge is 0.261 e. The number of carbonyl (C=O) groups is 1. The van der Waals surface area contributed by atoms with Gasteiger partial charge >= 0.3 is 0 Å². The summed E-state index contributed by atoms with van der Waals surface area (Å²) in [7, 11) is 0. The highest BCUT2D eigenvalue weighted by Gasteiger charge is 2.09. The zero-order valence-corrected chi connectivity index (χ0v) is 16.0. The number of rotatable bonds is 8. The van der Waals surface area contributed by atoms with Gasteiger partial charge in [-0.05, 0) is 49.7 Å². The van der Waals surface area contributed by atoms with E-state index >= 15 is 0 Å². The molecule has 1 heterocycles. The maximum absolute atomic E-state index is 12.5. The van der Waals surface area contributed by atoms with Gasteiger partial charge in [0.15, 0.2) is 0 Å². The van der Waals surface area contributed by atoms with E-state index in [0.29, 0.717) is 36.4 Å². The number of ether oxygens (including phenoxy) is 2. The van der Waals surface area contributed by atoms with E-state index < -0.39 is 0 Å². The molecule has 3 rings (SSSR count). The van der Waals surface area contributed by atoms with E-state index in [2.05, 4.69) is 10.3 Å². The van der Waals surface area contributed by atoms with Crippen LogP contribution in [0.25, 0.3) is 10.9 Å². The van der Waals surface area contributed by atoms with Crippen molar-refractivity contribution in [2.24, 2.45) is 0 Å². The Morgan fingerprint density at radius 2 is 1.82 bits per heavy atom. The van der Waals surface area contributed by atoms with Gasteiger partial charge in [-0.3, -0.25) is 14.2 Å². The molecule has 2 aromatic carbocycles. The Morgan fingerprint density at radius 3 is 2.54 bits per heavy atom. The van der Waals surface area contributed by atoms with Crippen LogP contribution in [0, 0.1) is 6.92 Å². The van der Waals surface area contributed by atoms with Crippen LogP contribution in [-0.4, -0.2) is 35.2 Å². The van der Waals surface area contributed by atoms with Crippen LogP contribution in [0.15, 0.2) is 53.6 Å². The quantitative estimate of drug-likeness (QED) is 0.606. The molecule has 0 fully saturated rings. The molecule has 7 nitrogen and oxygen atoms in total. The standard InChI is InChI=1S/C21H23N3O4/c1-3-27-16-7-9-17(10-8-16)28-12-11-22-19(25)13-24-14-23-20-15(2)5-4-6-18(20)21(24)26/h4-10,14H,3,11-13H2,1-2H3,(H,22,25). The number of nitrogens with zero attached hydrogens (tertiary/aromatic N) is 2. The Bertz CT molecular complexity index is 1010. The molecule has 0 atom stereocenters. The summed E-state index contributed by atoms with van der Waals surface area (Å²) in [5.41, 5.74) is 1.36. The van der Waals surface area contributed by atoms with Crippen LogP contribution in [0.3, 0.4) is 0 Å². The van der Waals surface area contributed by atoms with E-state index in [0.717, 1.165) is 11.3 Å². The molecule has 1 amide bonds. The van der Waals surface area contributed by atoms with Gasteiger partial charge < -0.3 is 14.8 Å². The Hall–Kier alpha value is -3.35. The fourth-order valence-electron chi connectivity index (χ4n) is 2.82. The molecule has 0 saturated carbocycles. The highest BCUT2D eigenvalue weighted by atomic mass is 16.5. The summed E-state index contributed by atoms with van der Waals surface area (Å²) >= 11 is 0. The Balaban J connectivity index is 1.50. The highest BCUT2D eigenvalue weighted by Crippen LogP contribution is 2.17. The SMILES string of the molecule is CCOc1ccc(OCCNC(=O)Cn2cnc3c(C)cccc3c2=O)cc1. The number of hydrogen-bond donors (Lipinski definition) is 1. The maximum atomic E-state index is 12.5. The van der Waals surface area contributed by atoms with Gasteiger partial charge in [-0.25, -0.2) is 4.98 Å². The summed E-state index contributed by atoms with van der Waals surface area (Å²) in [5, 5.41) is 3.25. The molecule has 28 heavy (non-hydrogen) atoms. The molecule has 0 saturated heterocycles. The van der Waals surface area contributed by atoms with Crippen molar-refractivity contribution in [1.29, 1.82) is 0 Å². The van der Waals surface area contributed by atoms with Gasteiger partial charge in [0.05, 0.1) is 30.4 Å². The van der Waals surface area contributed by atoms with E-state index in [1.165, 1.54) is 10.9 Å². The minimum Gasteiger partial charge on any atom is -0.494 e. The van der Waals surface area contributed by atoms with Crippen LogP contribution in [0.4, 0.5) is 0 Å². The monoisotopic (exact) mass is 381 g/mol. The van der Waals surface area contributed by atoms with Crippen LogP contribution < -0.4 is 20.3 Å². The van der Waals surface area contributed by atoms with Crippen LogP contribution in [-0.2, 0) is 11.3 Å². The Kier molecular flexibility index (Phi) is 6.26. The van der Waals surface area contributed by atoms with Crippen molar-refractivity contribution >= 4 is 16.8 Å². The lowest BCUT2D eigenvalue weighted by Crippen LogP contribution is -2.34. The lowest BCUT2D eigenvalue weighted by molar-refractivity contribution is -0.121. The third-order valence-electron chi connectivity index (χ3n) is 4.20. The van der Waals surface area contributed by atoms with Crippen molar-refractivity contribution < 1.29 is 14.3 Å². The topological polar surface area (TPSA) is 82.4 Å². The fourth-order valence-corrected chi connectivity index (χ4v) is 2.82. The van der Waals surface area contributed by atoms with Crippen LogP contribution in [0.5, 0.6) is 11.5 Å². The van der Waals surface area contributed by atoms with Gasteiger partial charge in [-0.2, -0.15) is 0 Å². The molecule has 0 aliphatic rings. The number of carbonyl (C=O) groups excluding carboxylic acids is 1. The molecule has 1 aromatic heterocycles. The Morgan fingerprint density at radius 1 is 1.11 bits per heavy atom. The molecule has 0 bridgehead atoms. The van der Waals surface area contributed by atoms with E-state index in [1.807, 2.05) is 50.2 Å². The third kappa shape index (κ3) is 4.68. The molecule has 0 unspecified atom stereocenters. The summed E-state index contributed by atoms with van der Waals surface area (Å²) < 4.78 is 12.3. The second-order valence-electron chi connectivity index (χ2n) is 6.25. The van der Waals surface area contributed by atoms with Gasteiger partial charge in [0.1, 0.15) is 24.7 Å². The third-order valence-corrected chi connectivity index (χ3v) is 4.20. The summed E-state index contributed by atoms with van der Waals surface area (Å²) in [5.74, 6) is 1.21. The predicted octanol–water partition coefficient (Wildman–Crippen LogP) is 2.30. The Labute approximate surface area is 162 Å². The van der Waals surface area contributed by atoms with E-state index in [1.54, 1.807) is 6.07 Å². The average Bonchev–Trinajstić information content (AvgIpc) is 2.69. The molecule has 3 aromatic rings. The van der Waals surface area contributed by atoms with Crippen LogP contribution >= 0.6 is 0 Å². The van der Waals surface area contributed by atoms with Crippen molar-refractivity contribution in [3.8, 4) is 11.5 Å². The summed E-state index contributed by atoms with van der Waals surface area (Å²) in [4.78, 5) is 28.9. The van der Waals surface area contributed by atoms with E-state index in [4.69, 9.17) is 9.47 Å². The summed E-state index contributed by atoms with van der Waals surface area (Å²) in [6.07, 6.45) is 1.41. The second-order valence-corrected chi connectivity index (χ2v) is 6.25. The molecular weight excluding hydrogens is 358 g/mol. The van der Waals surface area contributed by atoms with Crippen molar-refractivity contribution in [2.75, 3.05) is 19.8 Å². The summed E-state index contributed by atoms with van der Waals surface area (Å²) in [6, 6.07) is 12.7. The molecule has 0 aliphatic carbocycles. The number of aromatic nitrogens is 2. The number of amides is 1. The van der Waals surface area contributed by atoms with Gasteiger partial charge in [0.2, 0.25) is 5.91 Å². The minimum absolute atomic E-state index is 0.0846. The van der Waals surface area contributed by atoms with Crippen molar-refractivity contribution in [1.82, 2.24) is 14.9 Å². The largest absolute Gasteiger partial charge is 0.494 e. The van der Waals surface area contributed by atoms with E-state index in [-0.39, 0.29) is 18.0 Å². The number of benzene rings is 2. The van der Waals surface area contributed by atoms with Gasteiger partial charge in [0.25, 0.3) is 5.56 Å². The van der Waals surface area contributed by atoms with Crippen molar-refractivity contribution in [2.45, 2.75) is 20.4 Å². The molecule has 0 spiro atoms. The van der Waals surface area contributed by atoms with Gasteiger partial charge in [-0.1, -0.05) is 12.1 Å². The predicted molar refractivity (Wildman–Crippen MR) is 107 cm³/mol. The fraction of sp³-hybridized carbons (Fsp3) is 0.286. The lowest BCUT2D eigenvalue weighted by atomic mass is 10.1. The first kappa shape index (κ1) is 19.4. The highest BCUT2D eigenvalue weighted by molar-refractivity contribution is 5.81. The van der Waals surface area contributed by atoms with Crippen molar-refractivity contribution in [3.63, 3.8) is 0 Å². The minimum atomic E-state index is -0.272. The molecule has 1 N–H and O–H groups in total. The van der Waals surface area contributed by atoms with Crippen molar-refractivity contribution in [3.05, 3.63) is 64.7 Å². The van der Waals surface area contributed by atoms with E-state index in [9.17, 15) is 9.59 Å². The number of aryl methyl sites for hydroxylation is 1. The number of hydrogen-bond acceptors (Lipinski definition) is 5.